The third-order valence-electron chi connectivity index (χ3n) is 5.13. The molecule has 0 radical (unpaired) electrons. The molecular weight excluding hydrogens is 472 g/mol. The first kappa shape index (κ1) is 25.5. The number of nitrogens with one attached hydrogen (secondary N) is 1. The summed E-state index contributed by atoms with van der Waals surface area (Å²) in [7, 11) is 0. The van der Waals surface area contributed by atoms with Crippen molar-refractivity contribution >= 4 is 53.1 Å². The summed E-state index contributed by atoms with van der Waals surface area (Å²) in [5, 5.41) is 4.46. The molecule has 0 saturated carbocycles. The molecule has 1 aromatic heterocycles. The van der Waals surface area contributed by atoms with E-state index in [0.717, 1.165) is 26.2 Å². The van der Waals surface area contributed by atoms with E-state index in [1.54, 1.807) is 30.3 Å². The van der Waals surface area contributed by atoms with Crippen molar-refractivity contribution in [3.05, 3.63) is 58.6 Å². The van der Waals surface area contributed by atoms with Gasteiger partial charge in [-0.15, -0.1) is 24.8 Å². The third kappa shape index (κ3) is 5.18. The van der Waals surface area contributed by atoms with Crippen molar-refractivity contribution in [1.82, 2.24) is 10.3 Å². The van der Waals surface area contributed by atoms with Gasteiger partial charge in [-0.05, 0) is 34.9 Å². The smallest absolute Gasteiger partial charge is 0.353 e. The minimum absolute atomic E-state index is 0. The number of hydrogen-bond donors (Lipinski definition) is 2. The first-order valence-corrected chi connectivity index (χ1v) is 9.72. The minimum atomic E-state index is -4.50. The number of rotatable bonds is 3. The van der Waals surface area contributed by atoms with Crippen LogP contribution < -0.4 is 16.0 Å². The molecule has 31 heavy (non-hydrogen) atoms. The van der Waals surface area contributed by atoms with Gasteiger partial charge in [-0.3, -0.25) is 0 Å². The second-order valence-electron chi connectivity index (χ2n) is 6.98. The maximum absolute atomic E-state index is 13.7. The number of benzene rings is 2. The molecule has 2 aromatic carbocycles. The number of nitrogens with zero attached hydrogens (tertiary/aromatic N) is 2. The Balaban J connectivity index is 0.00000171. The number of fused-ring (bicyclic) bond motifs is 1. The molecule has 4 nitrogen and oxygen atoms in total. The lowest BCUT2D eigenvalue weighted by molar-refractivity contribution is -0.137. The number of halogens is 6. The molecule has 168 valence electrons. The molecule has 2 heterocycles. The topological polar surface area (TPSA) is 54.2 Å². The quantitative estimate of drug-likeness (QED) is 0.521. The SMILES string of the molecule is Cl.Cl.NCc1cccc(-c2ccc3nc(N4CCNCC4)c(Cl)cc3c2)c1C(F)(F)F. The summed E-state index contributed by atoms with van der Waals surface area (Å²) >= 11 is 6.47. The minimum Gasteiger partial charge on any atom is -0.353 e. The van der Waals surface area contributed by atoms with Gasteiger partial charge in [-0.1, -0.05) is 35.9 Å². The molecule has 1 fully saturated rings. The van der Waals surface area contributed by atoms with Gasteiger partial charge in [-0.2, -0.15) is 13.2 Å². The van der Waals surface area contributed by atoms with Crippen LogP contribution in [0.1, 0.15) is 11.1 Å². The molecule has 0 aliphatic carbocycles. The summed E-state index contributed by atoms with van der Waals surface area (Å²) in [6.45, 7) is 3.13. The maximum atomic E-state index is 13.7. The van der Waals surface area contributed by atoms with Crippen LogP contribution in [0.4, 0.5) is 19.0 Å². The lowest BCUT2D eigenvalue weighted by atomic mass is 9.94. The highest BCUT2D eigenvalue weighted by atomic mass is 35.5. The lowest BCUT2D eigenvalue weighted by Crippen LogP contribution is -2.44. The van der Waals surface area contributed by atoms with E-state index in [1.807, 2.05) is 0 Å². The van der Waals surface area contributed by atoms with E-state index in [0.29, 0.717) is 27.3 Å². The predicted molar refractivity (Wildman–Crippen MR) is 125 cm³/mol. The van der Waals surface area contributed by atoms with Crippen LogP contribution in [0.3, 0.4) is 0 Å². The summed E-state index contributed by atoms with van der Waals surface area (Å²) in [6.07, 6.45) is -4.50. The van der Waals surface area contributed by atoms with Gasteiger partial charge in [0.15, 0.2) is 0 Å². The molecule has 3 aromatic rings. The fourth-order valence-corrected chi connectivity index (χ4v) is 4.03. The molecule has 1 saturated heterocycles. The highest BCUT2D eigenvalue weighted by Crippen LogP contribution is 2.40. The van der Waals surface area contributed by atoms with Gasteiger partial charge < -0.3 is 16.0 Å². The second-order valence-corrected chi connectivity index (χ2v) is 7.39. The number of hydrogen-bond acceptors (Lipinski definition) is 4. The Kier molecular flexibility index (Phi) is 8.41. The molecule has 1 aliphatic rings. The third-order valence-corrected chi connectivity index (χ3v) is 5.41. The molecule has 0 spiro atoms. The van der Waals surface area contributed by atoms with Gasteiger partial charge >= 0.3 is 6.18 Å². The van der Waals surface area contributed by atoms with Crippen molar-refractivity contribution in [1.29, 1.82) is 0 Å². The van der Waals surface area contributed by atoms with E-state index in [2.05, 4.69) is 15.2 Å². The zero-order valence-corrected chi connectivity index (χ0v) is 18.8. The first-order chi connectivity index (χ1) is 13.9. The Morgan fingerprint density at radius 1 is 1.06 bits per heavy atom. The van der Waals surface area contributed by atoms with Gasteiger partial charge in [0.05, 0.1) is 16.1 Å². The normalized spacial score (nSPS) is 14.2. The van der Waals surface area contributed by atoms with E-state index in [-0.39, 0.29) is 42.5 Å². The monoisotopic (exact) mass is 492 g/mol. The van der Waals surface area contributed by atoms with Crippen LogP contribution in [0.5, 0.6) is 0 Å². The molecule has 0 atom stereocenters. The molecule has 4 rings (SSSR count). The second kappa shape index (κ2) is 10.2. The highest BCUT2D eigenvalue weighted by molar-refractivity contribution is 6.33. The van der Waals surface area contributed by atoms with Crippen LogP contribution in [0.25, 0.3) is 22.0 Å². The molecule has 3 N–H and O–H groups in total. The van der Waals surface area contributed by atoms with Gasteiger partial charge in [0.2, 0.25) is 0 Å². The van der Waals surface area contributed by atoms with Crippen LogP contribution >= 0.6 is 36.4 Å². The van der Waals surface area contributed by atoms with E-state index in [1.165, 1.54) is 12.1 Å². The molecule has 10 heteroatoms. The molecule has 0 bridgehead atoms. The highest BCUT2D eigenvalue weighted by Gasteiger charge is 2.36. The predicted octanol–water partition coefficient (Wildman–Crippen LogP) is 5.29. The number of pyridine rings is 1. The molecule has 1 aliphatic heterocycles. The lowest BCUT2D eigenvalue weighted by Gasteiger charge is -2.29. The van der Waals surface area contributed by atoms with E-state index in [9.17, 15) is 13.2 Å². The van der Waals surface area contributed by atoms with Crippen molar-refractivity contribution in [3.63, 3.8) is 0 Å². The van der Waals surface area contributed by atoms with Gasteiger partial charge in [0.25, 0.3) is 0 Å². The fourth-order valence-electron chi connectivity index (χ4n) is 3.75. The van der Waals surface area contributed by atoms with Crippen molar-refractivity contribution in [2.24, 2.45) is 5.73 Å². The molecular formula is C21H22Cl3F3N4. The van der Waals surface area contributed by atoms with Crippen LogP contribution in [0.15, 0.2) is 42.5 Å². The van der Waals surface area contributed by atoms with Crippen molar-refractivity contribution in [2.75, 3.05) is 31.1 Å². The maximum Gasteiger partial charge on any atom is 0.417 e. The Morgan fingerprint density at radius 3 is 2.42 bits per heavy atom. The Labute approximate surface area is 195 Å². The average Bonchev–Trinajstić information content (AvgIpc) is 2.72. The summed E-state index contributed by atoms with van der Waals surface area (Å²) < 4.78 is 41.2. The summed E-state index contributed by atoms with van der Waals surface area (Å²) in [4.78, 5) is 6.77. The van der Waals surface area contributed by atoms with Gasteiger partial charge in [0, 0.05) is 38.1 Å². The number of piperazine rings is 1. The molecule has 0 amide bonds. The van der Waals surface area contributed by atoms with Gasteiger partial charge in [-0.25, -0.2) is 4.98 Å². The Morgan fingerprint density at radius 2 is 1.77 bits per heavy atom. The number of alkyl halides is 3. The largest absolute Gasteiger partial charge is 0.417 e. The Bertz CT molecular complexity index is 1050. The Hall–Kier alpha value is -1.77. The average molecular weight is 494 g/mol. The number of aromatic nitrogens is 1. The van der Waals surface area contributed by atoms with Crippen LogP contribution in [0, 0.1) is 0 Å². The van der Waals surface area contributed by atoms with Gasteiger partial charge in [0.1, 0.15) is 5.82 Å². The van der Waals surface area contributed by atoms with Crippen molar-refractivity contribution in [2.45, 2.75) is 12.7 Å². The van der Waals surface area contributed by atoms with Crippen molar-refractivity contribution in [3.8, 4) is 11.1 Å². The fraction of sp³-hybridized carbons (Fsp3) is 0.286. The van der Waals surface area contributed by atoms with E-state index in [4.69, 9.17) is 17.3 Å². The summed E-state index contributed by atoms with van der Waals surface area (Å²) in [5.74, 6) is 0.703. The van der Waals surface area contributed by atoms with E-state index < -0.39 is 11.7 Å². The van der Waals surface area contributed by atoms with Crippen LogP contribution in [-0.4, -0.2) is 31.2 Å². The van der Waals surface area contributed by atoms with Crippen molar-refractivity contribution < 1.29 is 13.2 Å². The number of nitrogens with two attached hydrogens (primary N) is 1. The zero-order chi connectivity index (χ0) is 20.6. The molecule has 0 unspecified atom stereocenters. The first-order valence-electron chi connectivity index (χ1n) is 9.34. The van der Waals surface area contributed by atoms with Crippen LogP contribution in [0.2, 0.25) is 5.02 Å². The summed E-state index contributed by atoms with van der Waals surface area (Å²) in [5.41, 5.74) is 6.17. The zero-order valence-electron chi connectivity index (χ0n) is 16.4. The van der Waals surface area contributed by atoms with E-state index >= 15 is 0 Å². The summed E-state index contributed by atoms with van der Waals surface area (Å²) in [6, 6.07) is 11.3. The number of anilines is 1. The van der Waals surface area contributed by atoms with Crippen LogP contribution in [-0.2, 0) is 12.7 Å². The standard InChI is InChI=1S/C21H20ClF3N4.2ClH/c22-17-11-15-10-13(16-3-1-2-14(12-26)19(16)21(23,24)25)4-5-18(15)28-20(17)29-8-6-27-7-9-29;;/h1-5,10-11,27H,6-9,12,26H2;2*1H.